The number of piperazine rings is 1. The molecule has 0 aliphatic carbocycles. The summed E-state index contributed by atoms with van der Waals surface area (Å²) in [6.07, 6.45) is 7.65. The number of pyridine rings is 1. The van der Waals surface area contributed by atoms with E-state index < -0.39 is 17.3 Å². The van der Waals surface area contributed by atoms with Crippen LogP contribution in [0.4, 0.5) is 14.6 Å². The largest absolute Gasteiger partial charge is 0.508 e. The van der Waals surface area contributed by atoms with E-state index in [1.807, 2.05) is 4.90 Å². The molecule has 2 N–H and O–H groups in total. The lowest BCUT2D eigenvalue weighted by Gasteiger charge is -2.34. The van der Waals surface area contributed by atoms with Gasteiger partial charge < -0.3 is 20.1 Å². The molecule has 0 amide bonds. The molecule has 2 unspecified atom stereocenters. The van der Waals surface area contributed by atoms with Crippen LogP contribution in [-0.4, -0.2) is 51.4 Å². The van der Waals surface area contributed by atoms with Gasteiger partial charge in [0.1, 0.15) is 28.5 Å². The summed E-state index contributed by atoms with van der Waals surface area (Å²) >= 11 is 0. The lowest BCUT2D eigenvalue weighted by atomic mass is 9.95. The van der Waals surface area contributed by atoms with E-state index in [1.54, 1.807) is 6.92 Å². The minimum atomic E-state index is -0.830. The number of halogens is 2. The molecule has 4 aromatic rings. The zero-order valence-electron chi connectivity index (χ0n) is 20.9. The minimum absolute atomic E-state index is 0.0468. The van der Waals surface area contributed by atoms with Crippen molar-refractivity contribution in [2.45, 2.75) is 31.8 Å². The Morgan fingerprint density at radius 1 is 1.18 bits per heavy atom. The van der Waals surface area contributed by atoms with Gasteiger partial charge in [-0.1, -0.05) is 12.0 Å². The van der Waals surface area contributed by atoms with Crippen LogP contribution in [0.3, 0.4) is 0 Å². The van der Waals surface area contributed by atoms with Gasteiger partial charge in [-0.3, -0.25) is 4.57 Å². The molecule has 2 aromatic carbocycles. The number of aromatic nitrogens is 3. The third kappa shape index (κ3) is 3.65. The molecule has 38 heavy (non-hydrogen) atoms. The number of phenolic OH excluding ortho intramolecular Hbond substituents is 1. The smallest absolute Gasteiger partial charge is 0.349 e. The zero-order chi connectivity index (χ0) is 26.7. The van der Waals surface area contributed by atoms with Gasteiger partial charge in [-0.2, -0.15) is 4.98 Å². The van der Waals surface area contributed by atoms with Crippen LogP contribution in [0, 0.1) is 24.0 Å². The van der Waals surface area contributed by atoms with Crippen molar-refractivity contribution < 1.29 is 18.6 Å². The number of hydrogen-bond acceptors (Lipinski definition) is 7. The van der Waals surface area contributed by atoms with E-state index in [0.717, 1.165) is 17.4 Å². The summed E-state index contributed by atoms with van der Waals surface area (Å²) in [7, 11) is 1.43. The van der Waals surface area contributed by atoms with Gasteiger partial charge in [-0.15, -0.1) is 6.42 Å². The first-order valence-corrected chi connectivity index (χ1v) is 12.5. The molecule has 0 spiro atoms. The van der Waals surface area contributed by atoms with Gasteiger partial charge in [-0.05, 0) is 43.4 Å². The average molecular weight is 518 g/mol. The molecule has 2 aliphatic rings. The molecule has 194 valence electrons. The molecule has 8 nitrogen and oxygen atoms in total. The number of aromatic hydroxyl groups is 1. The number of ether oxygens (including phenoxy) is 1. The number of aryl methyl sites for hydroxylation is 1. The number of terminal acetylenes is 1. The van der Waals surface area contributed by atoms with Gasteiger partial charge in [0.2, 0.25) is 5.88 Å². The van der Waals surface area contributed by atoms with Crippen LogP contribution < -0.4 is 20.6 Å². The molecule has 2 aromatic heterocycles. The fourth-order valence-corrected chi connectivity index (χ4v) is 5.73. The summed E-state index contributed by atoms with van der Waals surface area (Å²) in [5, 5.41) is 14.9. The minimum Gasteiger partial charge on any atom is -0.508 e. The molecular formula is C28H25F2N5O3. The van der Waals surface area contributed by atoms with E-state index in [2.05, 4.69) is 21.2 Å². The van der Waals surface area contributed by atoms with E-state index >= 15 is 4.39 Å². The predicted octanol–water partition coefficient (Wildman–Crippen LogP) is 3.45. The Kier molecular flexibility index (Phi) is 5.69. The molecular weight excluding hydrogens is 492 g/mol. The van der Waals surface area contributed by atoms with Crippen LogP contribution in [0.15, 0.2) is 29.1 Å². The Morgan fingerprint density at radius 3 is 2.61 bits per heavy atom. The monoisotopic (exact) mass is 517 g/mol. The maximum atomic E-state index is 16.6. The van der Waals surface area contributed by atoms with Crippen molar-refractivity contribution in [3.63, 3.8) is 0 Å². The van der Waals surface area contributed by atoms with Crippen molar-refractivity contribution in [3.05, 3.63) is 51.9 Å². The molecule has 6 rings (SSSR count). The number of phenols is 1. The average Bonchev–Trinajstić information content (AvgIpc) is 3.24. The second kappa shape index (κ2) is 8.96. The number of anilines is 1. The first-order chi connectivity index (χ1) is 18.3. The number of benzene rings is 2. The van der Waals surface area contributed by atoms with Crippen molar-refractivity contribution >= 4 is 27.5 Å². The molecule has 2 aliphatic heterocycles. The van der Waals surface area contributed by atoms with E-state index in [4.69, 9.17) is 11.2 Å². The Bertz CT molecular complexity index is 1720. The molecule has 2 saturated heterocycles. The Balaban J connectivity index is 1.70. The van der Waals surface area contributed by atoms with Crippen LogP contribution in [-0.2, 0) is 7.05 Å². The molecule has 0 saturated carbocycles. The van der Waals surface area contributed by atoms with E-state index in [-0.39, 0.29) is 63.4 Å². The van der Waals surface area contributed by atoms with Gasteiger partial charge >= 0.3 is 5.69 Å². The van der Waals surface area contributed by atoms with Crippen molar-refractivity contribution in [2.75, 3.05) is 24.6 Å². The highest BCUT2D eigenvalue weighted by Gasteiger charge is 2.35. The maximum absolute atomic E-state index is 16.6. The summed E-state index contributed by atoms with van der Waals surface area (Å²) in [5.74, 6) is 1.07. The van der Waals surface area contributed by atoms with Crippen LogP contribution in [0.1, 0.15) is 25.3 Å². The van der Waals surface area contributed by atoms with E-state index in [9.17, 15) is 14.3 Å². The molecule has 10 heteroatoms. The standard InChI is InChI=1S/C28H25F2N5O3/c1-4-18-20(29)9-6-14-10-17(36)11-19(21(14)18)24-23(30)25-22(27(32-24)38-5-2)26(33-28(37)34(25)3)35-12-15-7-8-16(13-35)31-15/h1,6,9-11,15-16,31,36H,5,7-8,12-13H2,2-3H3. The fourth-order valence-electron chi connectivity index (χ4n) is 5.73. The number of hydrogen-bond donors (Lipinski definition) is 2. The normalized spacial score (nSPS) is 18.8. The van der Waals surface area contributed by atoms with Gasteiger partial charge in [-0.25, -0.2) is 18.6 Å². The first-order valence-electron chi connectivity index (χ1n) is 12.5. The molecule has 2 atom stereocenters. The number of nitrogens with one attached hydrogen (secondary N) is 1. The second-order valence-electron chi connectivity index (χ2n) is 9.71. The summed E-state index contributed by atoms with van der Waals surface area (Å²) in [6.45, 7) is 3.21. The lowest BCUT2D eigenvalue weighted by Crippen LogP contribution is -2.52. The van der Waals surface area contributed by atoms with Crippen molar-refractivity contribution in [3.8, 4) is 35.2 Å². The van der Waals surface area contributed by atoms with Crippen LogP contribution in [0.5, 0.6) is 11.6 Å². The topological polar surface area (TPSA) is 92.5 Å². The Hall–Kier alpha value is -4.23. The Labute approximate surface area is 216 Å². The summed E-state index contributed by atoms with van der Waals surface area (Å²) in [4.78, 5) is 23.9. The molecule has 2 bridgehead atoms. The van der Waals surface area contributed by atoms with Crippen molar-refractivity contribution in [2.24, 2.45) is 7.05 Å². The van der Waals surface area contributed by atoms with Crippen molar-refractivity contribution in [1.29, 1.82) is 0 Å². The lowest BCUT2D eigenvalue weighted by molar-refractivity contribution is 0.330. The predicted molar refractivity (Wildman–Crippen MR) is 141 cm³/mol. The fraction of sp³-hybridized carbons (Fsp3) is 0.321. The zero-order valence-corrected chi connectivity index (χ0v) is 20.9. The van der Waals surface area contributed by atoms with Crippen molar-refractivity contribution in [1.82, 2.24) is 19.9 Å². The summed E-state index contributed by atoms with van der Waals surface area (Å²) in [5.41, 5.74) is -0.907. The first kappa shape index (κ1) is 24.1. The van der Waals surface area contributed by atoms with Gasteiger partial charge in [0, 0.05) is 43.2 Å². The van der Waals surface area contributed by atoms with Crippen LogP contribution >= 0.6 is 0 Å². The third-order valence-corrected chi connectivity index (χ3v) is 7.38. The maximum Gasteiger partial charge on any atom is 0.349 e. The van der Waals surface area contributed by atoms with E-state index in [0.29, 0.717) is 24.3 Å². The Morgan fingerprint density at radius 2 is 1.92 bits per heavy atom. The number of rotatable bonds is 4. The highest BCUT2D eigenvalue weighted by molar-refractivity contribution is 6.04. The van der Waals surface area contributed by atoms with Crippen LogP contribution in [0.25, 0.3) is 32.9 Å². The molecule has 2 fully saturated rings. The molecule has 4 heterocycles. The SMILES string of the molecule is C#Cc1c(F)ccc2cc(O)cc(-c3nc(OCC)c4c(N5CC6CCC(C5)N6)nc(=O)n(C)c4c3F)c12. The number of fused-ring (bicyclic) bond motifs is 4. The quantitative estimate of drug-likeness (QED) is 0.401. The summed E-state index contributed by atoms with van der Waals surface area (Å²) < 4.78 is 38.3. The summed E-state index contributed by atoms with van der Waals surface area (Å²) in [6, 6.07) is 5.84. The third-order valence-electron chi connectivity index (χ3n) is 7.38. The second-order valence-corrected chi connectivity index (χ2v) is 9.71. The van der Waals surface area contributed by atoms with Gasteiger partial charge in [0.05, 0.1) is 17.7 Å². The van der Waals surface area contributed by atoms with Gasteiger partial charge in [0.25, 0.3) is 0 Å². The van der Waals surface area contributed by atoms with E-state index in [1.165, 1.54) is 31.3 Å². The number of nitrogens with zero attached hydrogens (tertiary/aromatic N) is 4. The van der Waals surface area contributed by atoms with Gasteiger partial charge in [0.15, 0.2) is 5.82 Å². The molecule has 0 radical (unpaired) electrons. The highest BCUT2D eigenvalue weighted by atomic mass is 19.1. The van der Waals surface area contributed by atoms with Crippen LogP contribution in [0.2, 0.25) is 0 Å². The highest BCUT2D eigenvalue weighted by Crippen LogP contribution is 2.41.